The Morgan fingerprint density at radius 1 is 1.88 bits per heavy atom. The van der Waals surface area contributed by atoms with Crippen LogP contribution in [0.15, 0.2) is 0 Å². The molecule has 1 aliphatic rings. The van der Waals surface area contributed by atoms with E-state index in [2.05, 4.69) is 5.32 Å². The second-order valence-electron chi connectivity index (χ2n) is 1.93. The van der Waals surface area contributed by atoms with Gasteiger partial charge in [-0.05, 0) is 6.92 Å². The first kappa shape index (κ1) is 5.56. The fourth-order valence-electron chi connectivity index (χ4n) is 0.585. The minimum atomic E-state index is -0.0110. The van der Waals surface area contributed by atoms with Crippen LogP contribution in [-0.4, -0.2) is 25.2 Å². The quantitative estimate of drug-likeness (QED) is 0.463. The van der Waals surface area contributed by atoms with Crippen LogP contribution in [0.25, 0.3) is 0 Å². The molecule has 8 heavy (non-hydrogen) atoms. The predicted molar refractivity (Wildman–Crippen MR) is 28.4 cm³/mol. The van der Waals surface area contributed by atoms with Gasteiger partial charge in [0.2, 0.25) is 5.91 Å². The van der Waals surface area contributed by atoms with E-state index in [1.807, 2.05) is 6.92 Å². The maximum absolute atomic E-state index is 10.4. The molecule has 1 atom stereocenters. The first-order valence-corrected chi connectivity index (χ1v) is 2.67. The number of hydrogen-bond donors (Lipinski definition) is 1. The van der Waals surface area contributed by atoms with Crippen molar-refractivity contribution in [3.8, 4) is 0 Å². The van der Waals surface area contributed by atoms with Gasteiger partial charge in [0.1, 0.15) is 6.61 Å². The topological polar surface area (TPSA) is 38.3 Å². The summed E-state index contributed by atoms with van der Waals surface area (Å²) >= 11 is 0. The van der Waals surface area contributed by atoms with Gasteiger partial charge in [0.05, 0.1) is 6.10 Å². The highest BCUT2D eigenvalue weighted by molar-refractivity contribution is 5.77. The summed E-state index contributed by atoms with van der Waals surface area (Å²) in [6.45, 7) is 2.80. The molecule has 1 heterocycles. The van der Waals surface area contributed by atoms with Crippen molar-refractivity contribution >= 4 is 5.91 Å². The van der Waals surface area contributed by atoms with Crippen LogP contribution >= 0.6 is 0 Å². The summed E-state index contributed by atoms with van der Waals surface area (Å²) in [5, 5.41) is 2.67. The lowest BCUT2D eigenvalue weighted by atomic mass is 10.3. The summed E-state index contributed by atoms with van der Waals surface area (Å²) < 4.78 is 4.98. The maximum atomic E-state index is 10.4. The molecular formula is C5H9NO2. The molecule has 0 radical (unpaired) electrons. The van der Waals surface area contributed by atoms with Crippen molar-refractivity contribution in [3.63, 3.8) is 0 Å². The molecule has 1 N–H and O–H groups in total. The molecule has 0 aliphatic carbocycles. The number of carbonyl (C=O) groups excluding carboxylic acids is 1. The zero-order chi connectivity index (χ0) is 5.98. The average molecular weight is 115 g/mol. The smallest absolute Gasteiger partial charge is 0.246 e. The van der Waals surface area contributed by atoms with E-state index >= 15 is 0 Å². The molecule has 1 rings (SSSR count). The molecule has 0 saturated carbocycles. The van der Waals surface area contributed by atoms with Crippen molar-refractivity contribution in [2.75, 3.05) is 13.2 Å². The van der Waals surface area contributed by atoms with Gasteiger partial charge < -0.3 is 10.1 Å². The molecular weight excluding hydrogens is 106 g/mol. The Labute approximate surface area is 48.0 Å². The van der Waals surface area contributed by atoms with Crippen LogP contribution in [0.4, 0.5) is 0 Å². The highest BCUT2D eigenvalue weighted by Gasteiger charge is 2.12. The Morgan fingerprint density at radius 2 is 2.62 bits per heavy atom. The first-order valence-electron chi connectivity index (χ1n) is 2.67. The summed E-state index contributed by atoms with van der Waals surface area (Å²) in [6.07, 6.45) is 0.188. The molecule has 3 nitrogen and oxygen atoms in total. The number of ether oxygens (including phenoxy) is 1. The molecule has 1 fully saturated rings. The third-order valence-corrected chi connectivity index (χ3v) is 1.09. The standard InChI is InChI=1S/C5H9NO2/c1-4-2-6-5(7)3-8-4/h4H,2-3H2,1H3,(H,6,7)/t4-/m1/s1. The number of amides is 1. The number of nitrogens with one attached hydrogen (secondary N) is 1. The monoisotopic (exact) mass is 115 g/mol. The second kappa shape index (κ2) is 2.13. The normalized spacial score (nSPS) is 29.6. The van der Waals surface area contributed by atoms with E-state index < -0.39 is 0 Å². The maximum Gasteiger partial charge on any atom is 0.246 e. The SMILES string of the molecule is C[C@@H]1CNC(=O)CO1. The molecule has 1 aliphatic heterocycles. The number of rotatable bonds is 0. The van der Waals surface area contributed by atoms with Gasteiger partial charge in [0.25, 0.3) is 0 Å². The minimum absolute atomic E-state index is 0.0110. The average Bonchev–Trinajstić information content (AvgIpc) is 1.77. The third-order valence-electron chi connectivity index (χ3n) is 1.09. The molecule has 3 heteroatoms. The Hall–Kier alpha value is -0.570. The lowest BCUT2D eigenvalue weighted by Crippen LogP contribution is -2.41. The summed E-state index contributed by atoms with van der Waals surface area (Å²) in [4.78, 5) is 10.4. The van der Waals surface area contributed by atoms with Crippen molar-refractivity contribution < 1.29 is 9.53 Å². The Balaban J connectivity index is 2.29. The molecule has 1 amide bonds. The second-order valence-corrected chi connectivity index (χ2v) is 1.93. The molecule has 0 aromatic carbocycles. The summed E-state index contributed by atoms with van der Waals surface area (Å²) in [5.41, 5.74) is 0. The van der Waals surface area contributed by atoms with Gasteiger partial charge >= 0.3 is 0 Å². The van der Waals surface area contributed by atoms with E-state index in [9.17, 15) is 4.79 Å². The van der Waals surface area contributed by atoms with Crippen LogP contribution in [0, 0.1) is 0 Å². The largest absolute Gasteiger partial charge is 0.367 e. The van der Waals surface area contributed by atoms with Crippen LogP contribution in [0.5, 0.6) is 0 Å². The Bertz CT molecular complexity index is 92.6. The zero-order valence-corrected chi connectivity index (χ0v) is 4.81. The van der Waals surface area contributed by atoms with E-state index in [-0.39, 0.29) is 18.6 Å². The Morgan fingerprint density at radius 3 is 3.00 bits per heavy atom. The van der Waals surface area contributed by atoms with Crippen LogP contribution in [0.3, 0.4) is 0 Å². The van der Waals surface area contributed by atoms with Gasteiger partial charge in [0, 0.05) is 6.54 Å². The fraction of sp³-hybridized carbons (Fsp3) is 0.800. The molecule has 1 saturated heterocycles. The summed E-state index contributed by atoms with van der Waals surface area (Å²) in [5.74, 6) is -0.0110. The van der Waals surface area contributed by atoms with Crippen LogP contribution in [-0.2, 0) is 9.53 Å². The van der Waals surface area contributed by atoms with Gasteiger partial charge in [-0.1, -0.05) is 0 Å². The van der Waals surface area contributed by atoms with Crippen molar-refractivity contribution in [1.82, 2.24) is 5.32 Å². The van der Waals surface area contributed by atoms with Crippen molar-refractivity contribution in [2.45, 2.75) is 13.0 Å². The number of morpholine rings is 1. The lowest BCUT2D eigenvalue weighted by Gasteiger charge is -2.18. The Kier molecular flexibility index (Phi) is 1.48. The van der Waals surface area contributed by atoms with E-state index in [0.29, 0.717) is 6.54 Å². The highest BCUT2D eigenvalue weighted by Crippen LogP contribution is 1.92. The van der Waals surface area contributed by atoms with E-state index in [4.69, 9.17) is 4.74 Å². The molecule has 0 bridgehead atoms. The number of carbonyl (C=O) groups is 1. The summed E-state index contributed by atoms with van der Waals surface area (Å²) in [6, 6.07) is 0. The van der Waals surface area contributed by atoms with E-state index in [0.717, 1.165) is 0 Å². The molecule has 0 unspecified atom stereocenters. The number of hydrogen-bond acceptors (Lipinski definition) is 2. The van der Waals surface area contributed by atoms with Crippen LogP contribution < -0.4 is 5.32 Å². The van der Waals surface area contributed by atoms with Gasteiger partial charge in [-0.3, -0.25) is 4.79 Å². The van der Waals surface area contributed by atoms with E-state index in [1.54, 1.807) is 0 Å². The van der Waals surface area contributed by atoms with Crippen molar-refractivity contribution in [2.24, 2.45) is 0 Å². The minimum Gasteiger partial charge on any atom is -0.367 e. The fourth-order valence-corrected chi connectivity index (χ4v) is 0.585. The molecule has 46 valence electrons. The van der Waals surface area contributed by atoms with Crippen LogP contribution in [0.2, 0.25) is 0 Å². The van der Waals surface area contributed by atoms with Crippen LogP contribution in [0.1, 0.15) is 6.92 Å². The van der Waals surface area contributed by atoms with Crippen molar-refractivity contribution in [3.05, 3.63) is 0 Å². The lowest BCUT2D eigenvalue weighted by molar-refractivity contribution is -0.132. The summed E-state index contributed by atoms with van der Waals surface area (Å²) in [7, 11) is 0. The highest BCUT2D eigenvalue weighted by atomic mass is 16.5. The van der Waals surface area contributed by atoms with Crippen molar-refractivity contribution in [1.29, 1.82) is 0 Å². The van der Waals surface area contributed by atoms with Gasteiger partial charge in [-0.25, -0.2) is 0 Å². The molecule has 0 aromatic rings. The molecule has 0 spiro atoms. The van der Waals surface area contributed by atoms with Gasteiger partial charge in [0.15, 0.2) is 0 Å². The van der Waals surface area contributed by atoms with E-state index in [1.165, 1.54) is 0 Å². The predicted octanol–water partition coefficient (Wildman–Crippen LogP) is -0.479. The zero-order valence-electron chi connectivity index (χ0n) is 4.81. The van der Waals surface area contributed by atoms with Gasteiger partial charge in [-0.15, -0.1) is 0 Å². The first-order chi connectivity index (χ1) is 3.79. The molecule has 0 aromatic heterocycles. The third kappa shape index (κ3) is 1.20. The van der Waals surface area contributed by atoms with Gasteiger partial charge in [-0.2, -0.15) is 0 Å².